The Labute approximate surface area is 113 Å². The van der Waals surface area contributed by atoms with Gasteiger partial charge in [-0.2, -0.15) is 0 Å². The van der Waals surface area contributed by atoms with E-state index in [1.54, 1.807) is 12.1 Å². The van der Waals surface area contributed by atoms with E-state index in [0.29, 0.717) is 0 Å². The van der Waals surface area contributed by atoms with Crippen LogP contribution in [0.1, 0.15) is 31.1 Å². The Morgan fingerprint density at radius 1 is 1.21 bits per heavy atom. The van der Waals surface area contributed by atoms with Crippen LogP contribution in [0.25, 0.3) is 0 Å². The van der Waals surface area contributed by atoms with Gasteiger partial charge in [0.05, 0.1) is 5.56 Å². The van der Waals surface area contributed by atoms with Crippen molar-refractivity contribution in [3.05, 3.63) is 23.9 Å². The maximum Gasteiger partial charge on any atom is 0.337 e. The molecular formula is C14H21N3O2. The van der Waals surface area contributed by atoms with Crippen LogP contribution in [0.15, 0.2) is 18.3 Å². The third-order valence-corrected chi connectivity index (χ3v) is 3.55. The second-order valence-corrected chi connectivity index (χ2v) is 5.86. The van der Waals surface area contributed by atoms with Crippen LogP contribution in [0.3, 0.4) is 0 Å². The van der Waals surface area contributed by atoms with Crippen molar-refractivity contribution in [3.8, 4) is 0 Å². The van der Waals surface area contributed by atoms with Crippen molar-refractivity contribution in [1.29, 1.82) is 0 Å². The van der Waals surface area contributed by atoms with Gasteiger partial charge in [-0.15, -0.1) is 0 Å². The number of aromatic carboxylic acids is 1. The van der Waals surface area contributed by atoms with E-state index in [2.05, 4.69) is 35.6 Å². The summed E-state index contributed by atoms with van der Waals surface area (Å²) < 4.78 is 0. The normalized spacial score (nSPS) is 17.5. The largest absolute Gasteiger partial charge is 0.478 e. The molecular weight excluding hydrogens is 242 g/mol. The number of rotatable bonds is 2. The summed E-state index contributed by atoms with van der Waals surface area (Å²) >= 11 is 0. The van der Waals surface area contributed by atoms with Gasteiger partial charge in [-0.25, -0.2) is 9.78 Å². The van der Waals surface area contributed by atoms with Gasteiger partial charge in [0, 0.05) is 37.9 Å². The fourth-order valence-electron chi connectivity index (χ4n) is 2.31. The van der Waals surface area contributed by atoms with E-state index < -0.39 is 5.97 Å². The number of carboxylic acid groups (broad SMARTS) is 1. The van der Waals surface area contributed by atoms with Crippen molar-refractivity contribution < 1.29 is 9.90 Å². The molecule has 5 nitrogen and oxygen atoms in total. The average Bonchev–Trinajstić information content (AvgIpc) is 2.38. The third-order valence-electron chi connectivity index (χ3n) is 3.55. The number of aromatic nitrogens is 1. The molecule has 1 saturated heterocycles. The van der Waals surface area contributed by atoms with Crippen LogP contribution in [-0.4, -0.2) is 52.7 Å². The molecule has 1 aromatic rings. The van der Waals surface area contributed by atoms with Gasteiger partial charge >= 0.3 is 5.97 Å². The standard InChI is InChI=1S/C14H21N3O2/c1-14(2,3)17-8-6-16(7-9-17)12-5-4-11(10-15-12)13(18)19/h4-5,10H,6-9H2,1-3H3,(H,18,19). The molecule has 0 spiro atoms. The van der Waals surface area contributed by atoms with Gasteiger partial charge in [-0.3, -0.25) is 4.90 Å². The molecule has 1 N–H and O–H groups in total. The number of carbonyl (C=O) groups is 1. The molecule has 0 aromatic carbocycles. The molecule has 0 bridgehead atoms. The second-order valence-electron chi connectivity index (χ2n) is 5.86. The fraction of sp³-hybridized carbons (Fsp3) is 0.571. The van der Waals surface area contributed by atoms with E-state index in [0.717, 1.165) is 32.0 Å². The summed E-state index contributed by atoms with van der Waals surface area (Å²) in [5.74, 6) is -0.0739. The molecule has 0 radical (unpaired) electrons. The Bertz CT molecular complexity index is 443. The number of carboxylic acids is 1. The highest BCUT2D eigenvalue weighted by molar-refractivity contribution is 5.87. The zero-order valence-electron chi connectivity index (χ0n) is 11.8. The summed E-state index contributed by atoms with van der Waals surface area (Å²) in [5, 5.41) is 8.85. The molecule has 1 aliphatic heterocycles. The molecule has 104 valence electrons. The Balaban J connectivity index is 2.00. The zero-order valence-corrected chi connectivity index (χ0v) is 11.8. The maximum absolute atomic E-state index is 10.8. The molecule has 1 aliphatic rings. The first kappa shape index (κ1) is 13.8. The summed E-state index contributed by atoms with van der Waals surface area (Å²) in [7, 11) is 0. The summed E-state index contributed by atoms with van der Waals surface area (Å²) in [4.78, 5) is 19.7. The Morgan fingerprint density at radius 2 is 1.84 bits per heavy atom. The lowest BCUT2D eigenvalue weighted by atomic mass is 10.1. The second kappa shape index (κ2) is 5.17. The highest BCUT2D eigenvalue weighted by atomic mass is 16.4. The third kappa shape index (κ3) is 3.23. The smallest absolute Gasteiger partial charge is 0.337 e. The first-order valence-electron chi connectivity index (χ1n) is 6.57. The summed E-state index contributed by atoms with van der Waals surface area (Å²) in [6, 6.07) is 3.40. The van der Waals surface area contributed by atoms with Crippen LogP contribution in [-0.2, 0) is 0 Å². The van der Waals surface area contributed by atoms with Crippen molar-refractivity contribution in [2.75, 3.05) is 31.1 Å². The monoisotopic (exact) mass is 263 g/mol. The summed E-state index contributed by atoms with van der Waals surface area (Å²) in [6.07, 6.45) is 1.42. The van der Waals surface area contributed by atoms with Gasteiger partial charge in [-0.1, -0.05) is 0 Å². The van der Waals surface area contributed by atoms with Crippen LogP contribution in [0.2, 0.25) is 0 Å². The zero-order chi connectivity index (χ0) is 14.0. The van der Waals surface area contributed by atoms with Crippen molar-refractivity contribution in [2.45, 2.75) is 26.3 Å². The molecule has 2 rings (SSSR count). The van der Waals surface area contributed by atoms with Gasteiger partial charge in [0.2, 0.25) is 0 Å². The Morgan fingerprint density at radius 3 is 2.26 bits per heavy atom. The summed E-state index contributed by atoms with van der Waals surface area (Å²) in [5.41, 5.74) is 0.434. The SMILES string of the molecule is CC(C)(C)N1CCN(c2ccc(C(=O)O)cn2)CC1. The van der Waals surface area contributed by atoms with Crippen LogP contribution in [0, 0.1) is 0 Å². The van der Waals surface area contributed by atoms with E-state index in [4.69, 9.17) is 5.11 Å². The van der Waals surface area contributed by atoms with Crippen molar-refractivity contribution in [3.63, 3.8) is 0 Å². The molecule has 19 heavy (non-hydrogen) atoms. The first-order chi connectivity index (χ1) is 8.88. The van der Waals surface area contributed by atoms with E-state index in [1.165, 1.54) is 6.20 Å². The highest BCUT2D eigenvalue weighted by Gasteiger charge is 2.26. The molecule has 2 heterocycles. The minimum atomic E-state index is -0.934. The predicted octanol–water partition coefficient (Wildman–Crippen LogP) is 1.70. The summed E-state index contributed by atoms with van der Waals surface area (Å²) in [6.45, 7) is 10.5. The van der Waals surface area contributed by atoms with Crippen LogP contribution >= 0.6 is 0 Å². The lowest BCUT2D eigenvalue weighted by Gasteiger charge is -2.42. The predicted molar refractivity (Wildman–Crippen MR) is 74.7 cm³/mol. The number of hydrogen-bond acceptors (Lipinski definition) is 4. The number of pyridine rings is 1. The molecule has 1 fully saturated rings. The quantitative estimate of drug-likeness (QED) is 0.880. The minimum absolute atomic E-state index is 0.201. The molecule has 0 saturated carbocycles. The van der Waals surface area contributed by atoms with Gasteiger partial charge in [0.1, 0.15) is 5.82 Å². The van der Waals surface area contributed by atoms with Gasteiger partial charge in [0.15, 0.2) is 0 Å². The molecule has 0 unspecified atom stereocenters. The number of piperazine rings is 1. The molecule has 0 aliphatic carbocycles. The lowest BCUT2D eigenvalue weighted by molar-refractivity contribution is 0.0696. The molecule has 5 heteroatoms. The van der Waals surface area contributed by atoms with Crippen molar-refractivity contribution in [2.24, 2.45) is 0 Å². The van der Waals surface area contributed by atoms with Crippen LogP contribution in [0.4, 0.5) is 5.82 Å². The van der Waals surface area contributed by atoms with E-state index >= 15 is 0 Å². The highest BCUT2D eigenvalue weighted by Crippen LogP contribution is 2.19. The first-order valence-corrected chi connectivity index (χ1v) is 6.57. The van der Waals surface area contributed by atoms with E-state index in [1.807, 2.05) is 0 Å². The molecule has 0 amide bonds. The van der Waals surface area contributed by atoms with Gasteiger partial charge in [-0.05, 0) is 32.9 Å². The Hall–Kier alpha value is -1.62. The number of hydrogen-bond donors (Lipinski definition) is 1. The van der Waals surface area contributed by atoms with E-state index in [9.17, 15) is 4.79 Å². The number of anilines is 1. The number of nitrogens with zero attached hydrogens (tertiary/aromatic N) is 3. The topological polar surface area (TPSA) is 56.7 Å². The maximum atomic E-state index is 10.8. The minimum Gasteiger partial charge on any atom is -0.478 e. The fourth-order valence-corrected chi connectivity index (χ4v) is 2.31. The lowest BCUT2D eigenvalue weighted by Crippen LogP contribution is -2.53. The molecule has 1 aromatic heterocycles. The van der Waals surface area contributed by atoms with Gasteiger partial charge in [0.25, 0.3) is 0 Å². The van der Waals surface area contributed by atoms with E-state index in [-0.39, 0.29) is 11.1 Å². The van der Waals surface area contributed by atoms with Crippen molar-refractivity contribution in [1.82, 2.24) is 9.88 Å². The van der Waals surface area contributed by atoms with Gasteiger partial charge < -0.3 is 10.0 Å². The average molecular weight is 263 g/mol. The molecule has 0 atom stereocenters. The Kier molecular flexibility index (Phi) is 3.75. The van der Waals surface area contributed by atoms with Crippen molar-refractivity contribution >= 4 is 11.8 Å². The van der Waals surface area contributed by atoms with Crippen LogP contribution in [0.5, 0.6) is 0 Å². The van der Waals surface area contributed by atoms with Crippen LogP contribution < -0.4 is 4.90 Å².